The van der Waals surface area contributed by atoms with Crippen LogP contribution < -0.4 is 5.32 Å². The largest absolute Gasteiger partial charge is 0.381 e. The number of hydrogen-bond acceptors (Lipinski definition) is 3. The van der Waals surface area contributed by atoms with Gasteiger partial charge in [-0.2, -0.15) is 0 Å². The monoisotopic (exact) mass is 221 g/mol. The molecule has 1 aromatic heterocycles. The predicted octanol–water partition coefficient (Wildman–Crippen LogP) is 0.996. The molecule has 3 heterocycles. The fraction of sp³-hybridized carbons (Fsp3) is 0.750. The molecule has 1 aromatic rings. The Morgan fingerprint density at radius 2 is 2.50 bits per heavy atom. The van der Waals surface area contributed by atoms with Crippen molar-refractivity contribution in [3.05, 3.63) is 18.2 Å². The highest BCUT2D eigenvalue weighted by molar-refractivity contribution is 5.09. The minimum atomic E-state index is 0.657. The molecule has 2 saturated heterocycles. The molecule has 4 nitrogen and oxygen atoms in total. The summed E-state index contributed by atoms with van der Waals surface area (Å²) < 4.78 is 7.76. The van der Waals surface area contributed by atoms with E-state index in [2.05, 4.69) is 14.9 Å². The van der Waals surface area contributed by atoms with Crippen molar-refractivity contribution in [1.82, 2.24) is 14.9 Å². The number of ether oxygens (including phenoxy) is 1. The first kappa shape index (κ1) is 10.3. The van der Waals surface area contributed by atoms with E-state index in [-0.39, 0.29) is 0 Å². The van der Waals surface area contributed by atoms with Crippen LogP contribution in [0.2, 0.25) is 0 Å². The smallest absolute Gasteiger partial charge is 0.0948 e. The Kier molecular flexibility index (Phi) is 2.93. The van der Waals surface area contributed by atoms with Gasteiger partial charge in [0.15, 0.2) is 0 Å². The maximum absolute atomic E-state index is 5.43. The van der Waals surface area contributed by atoms with Crippen molar-refractivity contribution < 1.29 is 4.74 Å². The summed E-state index contributed by atoms with van der Waals surface area (Å²) in [5.74, 6) is 1.34. The van der Waals surface area contributed by atoms with Crippen molar-refractivity contribution in [3.63, 3.8) is 0 Å². The average Bonchev–Trinajstić information content (AvgIpc) is 2.98. The van der Waals surface area contributed by atoms with Gasteiger partial charge in [-0.15, -0.1) is 0 Å². The first-order valence-electron chi connectivity index (χ1n) is 6.22. The van der Waals surface area contributed by atoms with Crippen LogP contribution in [0.4, 0.5) is 0 Å². The summed E-state index contributed by atoms with van der Waals surface area (Å²) in [6, 6.07) is 0. The molecule has 0 radical (unpaired) electrons. The van der Waals surface area contributed by atoms with Crippen LogP contribution in [0.1, 0.15) is 24.5 Å². The summed E-state index contributed by atoms with van der Waals surface area (Å²) in [7, 11) is 0. The maximum atomic E-state index is 5.43. The van der Waals surface area contributed by atoms with Crippen molar-refractivity contribution in [3.8, 4) is 0 Å². The van der Waals surface area contributed by atoms with Crippen LogP contribution in [0.3, 0.4) is 0 Å². The average molecular weight is 221 g/mol. The molecule has 0 aromatic carbocycles. The standard InChI is InChI=1S/C12H19N3O/c1-3-13-5-11(1)12-6-14-9-15(12)7-10-2-4-16-8-10/h6,9-11,13H,1-5,7-8H2. The Labute approximate surface area is 96.0 Å². The number of hydrogen-bond donors (Lipinski definition) is 1. The van der Waals surface area contributed by atoms with E-state index < -0.39 is 0 Å². The van der Waals surface area contributed by atoms with Gasteiger partial charge in [0.2, 0.25) is 0 Å². The molecule has 0 aliphatic carbocycles. The van der Waals surface area contributed by atoms with Crippen molar-refractivity contribution in [2.45, 2.75) is 25.3 Å². The van der Waals surface area contributed by atoms with E-state index >= 15 is 0 Å². The number of nitrogens with zero attached hydrogens (tertiary/aromatic N) is 2. The molecule has 16 heavy (non-hydrogen) atoms. The fourth-order valence-electron chi connectivity index (χ4n) is 2.74. The summed E-state index contributed by atoms with van der Waals surface area (Å²) in [4.78, 5) is 4.30. The second-order valence-electron chi connectivity index (χ2n) is 4.89. The summed E-state index contributed by atoms with van der Waals surface area (Å²) in [5.41, 5.74) is 1.40. The highest BCUT2D eigenvalue weighted by Gasteiger charge is 2.22. The number of aromatic nitrogens is 2. The van der Waals surface area contributed by atoms with Gasteiger partial charge in [0.05, 0.1) is 12.9 Å². The lowest BCUT2D eigenvalue weighted by molar-refractivity contribution is 0.182. The topological polar surface area (TPSA) is 39.1 Å². The number of nitrogens with one attached hydrogen (secondary N) is 1. The molecule has 0 bridgehead atoms. The molecule has 4 heteroatoms. The lowest BCUT2D eigenvalue weighted by Crippen LogP contribution is -2.15. The van der Waals surface area contributed by atoms with Crippen LogP contribution in [0.5, 0.6) is 0 Å². The molecule has 0 amide bonds. The highest BCUT2D eigenvalue weighted by Crippen LogP contribution is 2.24. The van der Waals surface area contributed by atoms with Crippen molar-refractivity contribution in [2.24, 2.45) is 5.92 Å². The van der Waals surface area contributed by atoms with Crippen LogP contribution in [0.15, 0.2) is 12.5 Å². The Bertz CT molecular complexity index is 338. The van der Waals surface area contributed by atoms with Crippen LogP contribution >= 0.6 is 0 Å². The molecule has 2 aliphatic rings. The first-order chi connectivity index (χ1) is 7.93. The number of rotatable bonds is 3. The fourth-order valence-corrected chi connectivity index (χ4v) is 2.74. The first-order valence-corrected chi connectivity index (χ1v) is 6.22. The van der Waals surface area contributed by atoms with Gasteiger partial charge in [-0.25, -0.2) is 4.98 Å². The van der Waals surface area contributed by atoms with Crippen LogP contribution in [0, 0.1) is 5.92 Å². The third-order valence-corrected chi connectivity index (χ3v) is 3.70. The third kappa shape index (κ3) is 1.99. The molecular weight excluding hydrogens is 202 g/mol. The molecule has 1 N–H and O–H groups in total. The summed E-state index contributed by atoms with van der Waals surface area (Å²) in [5, 5.41) is 3.42. The zero-order chi connectivity index (χ0) is 10.8. The summed E-state index contributed by atoms with van der Waals surface area (Å²) in [6.45, 7) is 5.17. The summed E-state index contributed by atoms with van der Waals surface area (Å²) >= 11 is 0. The van der Waals surface area contributed by atoms with Gasteiger partial charge in [0.1, 0.15) is 0 Å². The van der Waals surface area contributed by atoms with Crippen LogP contribution in [-0.4, -0.2) is 35.9 Å². The SMILES string of the molecule is c1ncn(CC2CCOC2)c1C1CCNC1. The molecule has 0 spiro atoms. The lowest BCUT2D eigenvalue weighted by atomic mass is 10.0. The van der Waals surface area contributed by atoms with Crippen molar-refractivity contribution >= 4 is 0 Å². The zero-order valence-electron chi connectivity index (χ0n) is 9.56. The van der Waals surface area contributed by atoms with Gasteiger partial charge in [0.25, 0.3) is 0 Å². The predicted molar refractivity (Wildman–Crippen MR) is 61.4 cm³/mol. The van der Waals surface area contributed by atoms with E-state index in [9.17, 15) is 0 Å². The second-order valence-corrected chi connectivity index (χ2v) is 4.89. The Morgan fingerprint density at radius 1 is 1.50 bits per heavy atom. The van der Waals surface area contributed by atoms with Gasteiger partial charge in [-0.05, 0) is 19.4 Å². The van der Waals surface area contributed by atoms with Crippen LogP contribution in [-0.2, 0) is 11.3 Å². The van der Waals surface area contributed by atoms with Gasteiger partial charge < -0.3 is 14.6 Å². The van der Waals surface area contributed by atoms with Crippen molar-refractivity contribution in [2.75, 3.05) is 26.3 Å². The molecule has 3 rings (SSSR count). The molecule has 0 saturated carbocycles. The number of imidazole rings is 1. The normalized spacial score (nSPS) is 30.0. The quantitative estimate of drug-likeness (QED) is 0.827. The minimum absolute atomic E-state index is 0.657. The van der Waals surface area contributed by atoms with Gasteiger partial charge in [-0.1, -0.05) is 0 Å². The zero-order valence-corrected chi connectivity index (χ0v) is 9.56. The van der Waals surface area contributed by atoms with Gasteiger partial charge in [0, 0.05) is 43.4 Å². The molecule has 2 unspecified atom stereocenters. The van der Waals surface area contributed by atoms with Crippen LogP contribution in [0.25, 0.3) is 0 Å². The Morgan fingerprint density at radius 3 is 3.25 bits per heavy atom. The molecule has 2 atom stereocenters. The van der Waals surface area contributed by atoms with E-state index in [1.165, 1.54) is 18.5 Å². The van der Waals surface area contributed by atoms with Gasteiger partial charge >= 0.3 is 0 Å². The summed E-state index contributed by atoms with van der Waals surface area (Å²) in [6.07, 6.45) is 6.45. The minimum Gasteiger partial charge on any atom is -0.381 e. The van der Waals surface area contributed by atoms with E-state index in [1.54, 1.807) is 0 Å². The second kappa shape index (κ2) is 4.55. The highest BCUT2D eigenvalue weighted by atomic mass is 16.5. The van der Waals surface area contributed by atoms with Gasteiger partial charge in [-0.3, -0.25) is 0 Å². The molecular formula is C12H19N3O. The van der Waals surface area contributed by atoms with Crippen molar-refractivity contribution in [1.29, 1.82) is 0 Å². The Balaban J connectivity index is 1.71. The van der Waals surface area contributed by atoms with E-state index in [4.69, 9.17) is 4.74 Å². The van der Waals surface area contributed by atoms with E-state index in [1.807, 2.05) is 12.5 Å². The molecule has 88 valence electrons. The lowest BCUT2D eigenvalue weighted by Gasteiger charge is -2.15. The van der Waals surface area contributed by atoms with E-state index in [0.29, 0.717) is 11.8 Å². The Hall–Kier alpha value is -0.870. The molecule has 2 fully saturated rings. The van der Waals surface area contributed by atoms with E-state index in [0.717, 1.165) is 32.8 Å². The third-order valence-electron chi connectivity index (χ3n) is 3.70. The molecule has 2 aliphatic heterocycles. The maximum Gasteiger partial charge on any atom is 0.0948 e.